The van der Waals surface area contributed by atoms with E-state index in [0.717, 1.165) is 0 Å². The molecule has 0 fully saturated rings. The second kappa shape index (κ2) is 4.41. The summed E-state index contributed by atoms with van der Waals surface area (Å²) >= 11 is 17.1. The highest BCUT2D eigenvalue weighted by atomic mass is 35.6. The Morgan fingerprint density at radius 3 is 2.54 bits per heavy atom. The summed E-state index contributed by atoms with van der Waals surface area (Å²) < 4.78 is 3.88. The van der Waals surface area contributed by atoms with Gasteiger partial charge in [0.15, 0.2) is 0 Å². The van der Waals surface area contributed by atoms with Crippen LogP contribution in [-0.2, 0) is 3.79 Å². The third-order valence-corrected chi connectivity index (χ3v) is 2.13. The zero-order chi connectivity index (χ0) is 9.90. The molecule has 0 aliphatic heterocycles. The highest BCUT2D eigenvalue weighted by molar-refractivity contribution is 6.66. The van der Waals surface area contributed by atoms with Gasteiger partial charge in [-0.2, -0.15) is 0 Å². The van der Waals surface area contributed by atoms with Crippen LogP contribution in [0.25, 0.3) is 0 Å². The molecule has 0 aromatic heterocycles. The molecule has 0 unspecified atom stereocenters. The minimum atomic E-state index is -1.38. The van der Waals surface area contributed by atoms with Crippen molar-refractivity contribution in [3.63, 3.8) is 0 Å². The van der Waals surface area contributed by atoms with Gasteiger partial charge in [0.2, 0.25) is 3.79 Å². The molecule has 0 N–H and O–H groups in total. The normalized spacial score (nSPS) is 11.4. The summed E-state index contributed by atoms with van der Waals surface area (Å²) in [5, 5.41) is 0. The third-order valence-electron chi connectivity index (χ3n) is 1.47. The van der Waals surface area contributed by atoms with Crippen molar-refractivity contribution in [1.29, 1.82) is 0 Å². The average molecular weight is 240 g/mol. The topological polar surface area (TPSA) is 9.23 Å². The van der Waals surface area contributed by atoms with Gasteiger partial charge in [-0.25, -0.2) is 0 Å². The van der Waals surface area contributed by atoms with Gasteiger partial charge in [-0.15, -0.1) is 0 Å². The maximum absolute atomic E-state index is 5.71. The van der Waals surface area contributed by atoms with Gasteiger partial charge >= 0.3 is 0 Å². The molecule has 0 radical (unpaired) electrons. The Bertz CT molecular complexity index is 280. The highest BCUT2D eigenvalue weighted by Crippen LogP contribution is 2.39. The van der Waals surface area contributed by atoms with E-state index in [2.05, 4.69) is 0 Å². The predicted molar refractivity (Wildman–Crippen MR) is 56.8 cm³/mol. The first-order valence-electron chi connectivity index (χ1n) is 3.84. The van der Waals surface area contributed by atoms with E-state index in [0.29, 0.717) is 17.9 Å². The van der Waals surface area contributed by atoms with Crippen LogP contribution < -0.4 is 4.74 Å². The first kappa shape index (κ1) is 11.0. The fourth-order valence-electron chi connectivity index (χ4n) is 0.929. The zero-order valence-electron chi connectivity index (χ0n) is 7.06. The van der Waals surface area contributed by atoms with Crippen LogP contribution in [0.3, 0.4) is 0 Å². The minimum Gasteiger partial charge on any atom is -0.494 e. The number of benzene rings is 1. The lowest BCUT2D eigenvalue weighted by molar-refractivity contribution is 0.340. The van der Waals surface area contributed by atoms with E-state index in [9.17, 15) is 0 Å². The first-order valence-corrected chi connectivity index (χ1v) is 4.97. The van der Waals surface area contributed by atoms with E-state index in [1.807, 2.05) is 13.0 Å². The molecule has 0 aliphatic carbocycles. The summed E-state index contributed by atoms with van der Waals surface area (Å²) in [7, 11) is 0. The molecule has 72 valence electrons. The summed E-state index contributed by atoms with van der Waals surface area (Å²) in [6.07, 6.45) is 0. The molecule has 0 aliphatic rings. The molecule has 1 aromatic rings. The molecule has 0 amide bonds. The van der Waals surface area contributed by atoms with Crippen molar-refractivity contribution in [3.8, 4) is 5.75 Å². The smallest absolute Gasteiger partial charge is 0.216 e. The van der Waals surface area contributed by atoms with E-state index in [-0.39, 0.29) is 0 Å². The molecule has 1 rings (SSSR count). The number of halogens is 3. The van der Waals surface area contributed by atoms with E-state index in [1.54, 1.807) is 18.2 Å². The molecule has 0 atom stereocenters. The summed E-state index contributed by atoms with van der Waals surface area (Å²) in [5.74, 6) is 0.714. The largest absolute Gasteiger partial charge is 0.494 e. The van der Waals surface area contributed by atoms with E-state index in [1.165, 1.54) is 0 Å². The Hall–Kier alpha value is -0.110. The van der Waals surface area contributed by atoms with Crippen molar-refractivity contribution in [2.24, 2.45) is 0 Å². The zero-order valence-corrected chi connectivity index (χ0v) is 9.33. The molecule has 0 heterocycles. The lowest BCUT2D eigenvalue weighted by atomic mass is 10.2. The number of hydrogen-bond acceptors (Lipinski definition) is 1. The van der Waals surface area contributed by atoms with E-state index >= 15 is 0 Å². The van der Waals surface area contributed by atoms with Gasteiger partial charge in [0.25, 0.3) is 0 Å². The van der Waals surface area contributed by atoms with Crippen LogP contribution >= 0.6 is 34.8 Å². The monoisotopic (exact) mass is 238 g/mol. The molecule has 13 heavy (non-hydrogen) atoms. The maximum atomic E-state index is 5.71. The maximum Gasteiger partial charge on any atom is 0.216 e. The summed E-state index contributed by atoms with van der Waals surface area (Å²) in [6.45, 7) is 2.51. The van der Waals surface area contributed by atoms with Crippen molar-refractivity contribution in [2.75, 3.05) is 6.61 Å². The van der Waals surface area contributed by atoms with Gasteiger partial charge in [0.1, 0.15) is 5.75 Å². The predicted octanol–water partition coefficient (Wildman–Crippen LogP) is 3.91. The van der Waals surface area contributed by atoms with Gasteiger partial charge in [-0.3, -0.25) is 0 Å². The number of hydrogen-bond donors (Lipinski definition) is 0. The van der Waals surface area contributed by atoms with Gasteiger partial charge in [0.05, 0.1) is 6.61 Å². The molecular weight excluding hydrogens is 230 g/mol. The Labute approximate surface area is 92.5 Å². The van der Waals surface area contributed by atoms with Crippen LogP contribution in [0.1, 0.15) is 12.5 Å². The first-order chi connectivity index (χ1) is 6.04. The number of rotatable bonds is 2. The van der Waals surface area contributed by atoms with Crippen LogP contribution in [-0.4, -0.2) is 6.61 Å². The van der Waals surface area contributed by atoms with Crippen molar-refractivity contribution in [3.05, 3.63) is 29.8 Å². The van der Waals surface area contributed by atoms with Crippen LogP contribution in [0.2, 0.25) is 0 Å². The highest BCUT2D eigenvalue weighted by Gasteiger charge is 2.22. The van der Waals surface area contributed by atoms with Crippen molar-refractivity contribution in [1.82, 2.24) is 0 Å². The quantitative estimate of drug-likeness (QED) is 0.711. The van der Waals surface area contributed by atoms with Crippen molar-refractivity contribution < 1.29 is 4.74 Å². The molecule has 1 aromatic carbocycles. The molecule has 0 saturated carbocycles. The summed E-state index contributed by atoms with van der Waals surface area (Å²) in [4.78, 5) is 0. The Morgan fingerprint density at radius 2 is 2.00 bits per heavy atom. The fraction of sp³-hybridized carbons (Fsp3) is 0.333. The van der Waals surface area contributed by atoms with Crippen LogP contribution in [0, 0.1) is 0 Å². The number of alkyl halides is 3. The van der Waals surface area contributed by atoms with Gasteiger partial charge in [-0.05, 0) is 19.1 Å². The Morgan fingerprint density at radius 1 is 1.31 bits per heavy atom. The van der Waals surface area contributed by atoms with E-state index < -0.39 is 3.79 Å². The van der Waals surface area contributed by atoms with Crippen LogP contribution in [0.5, 0.6) is 5.75 Å². The summed E-state index contributed by atoms with van der Waals surface area (Å²) in [6, 6.07) is 7.08. The second-order valence-electron chi connectivity index (χ2n) is 2.46. The average Bonchev–Trinajstić information content (AvgIpc) is 2.04. The number of ether oxygens (including phenoxy) is 1. The molecular formula is C9H9Cl3O. The van der Waals surface area contributed by atoms with Gasteiger partial charge < -0.3 is 4.74 Å². The van der Waals surface area contributed by atoms with Gasteiger partial charge in [-0.1, -0.05) is 46.9 Å². The second-order valence-corrected chi connectivity index (χ2v) is 4.74. The molecule has 0 spiro atoms. The Balaban J connectivity index is 2.92. The lowest BCUT2D eigenvalue weighted by Gasteiger charge is -2.12. The van der Waals surface area contributed by atoms with Crippen LogP contribution in [0.15, 0.2) is 24.3 Å². The third kappa shape index (κ3) is 3.26. The van der Waals surface area contributed by atoms with E-state index in [4.69, 9.17) is 39.5 Å². The van der Waals surface area contributed by atoms with Crippen molar-refractivity contribution in [2.45, 2.75) is 10.7 Å². The summed E-state index contributed by atoms with van der Waals surface area (Å²) in [5.41, 5.74) is 0.614. The molecule has 4 heteroatoms. The lowest BCUT2D eigenvalue weighted by Crippen LogP contribution is -2.00. The van der Waals surface area contributed by atoms with Gasteiger partial charge in [0, 0.05) is 5.56 Å². The molecule has 0 saturated heterocycles. The minimum absolute atomic E-state index is 0.601. The molecule has 0 bridgehead atoms. The van der Waals surface area contributed by atoms with Crippen LogP contribution in [0.4, 0.5) is 0 Å². The fourth-order valence-corrected chi connectivity index (χ4v) is 1.28. The van der Waals surface area contributed by atoms with Crippen molar-refractivity contribution >= 4 is 34.8 Å². The Kier molecular flexibility index (Phi) is 3.72. The standard InChI is InChI=1S/C9H9Cl3O/c1-2-13-8-5-3-4-7(6-8)9(10,11)12/h3-6H,2H2,1H3. The SMILES string of the molecule is CCOc1cccc(C(Cl)(Cl)Cl)c1. The molecule has 1 nitrogen and oxygen atoms in total.